The topological polar surface area (TPSA) is 0 Å². The van der Waals surface area contributed by atoms with Crippen molar-refractivity contribution in [2.24, 2.45) is 0 Å². The van der Waals surface area contributed by atoms with Gasteiger partial charge in [-0.2, -0.15) is 12.8 Å². The van der Waals surface area contributed by atoms with Crippen LogP contribution in [0.15, 0.2) is 49.6 Å². The van der Waals surface area contributed by atoms with Gasteiger partial charge in [-0.25, -0.2) is 0 Å². The fourth-order valence-electron chi connectivity index (χ4n) is 2.85. The monoisotopic (exact) mass is 492 g/mol. The number of unbranched alkanes of at least 4 members (excludes halogenated alkanes) is 12. The van der Waals surface area contributed by atoms with E-state index in [9.17, 15) is 0 Å². The van der Waals surface area contributed by atoms with Crippen molar-refractivity contribution in [1.82, 2.24) is 0 Å². The molecule has 0 aromatic carbocycles. The zero-order valence-corrected chi connectivity index (χ0v) is 20.9. The van der Waals surface area contributed by atoms with E-state index in [2.05, 4.69) is 51.3 Å². The predicted octanol–water partition coefficient (Wildman–Crippen LogP) is 10.1. The van der Waals surface area contributed by atoms with E-state index in [0.717, 1.165) is 12.8 Å². The first-order chi connectivity index (χ1) is 13.8. The molecular formula is C28H50Pd. The standard InChI is InChI=1S/2C10H19.C8H12.Pd/c2*1-3-5-7-9-10-8-6-4-2;1-2-4-6-8-7-5-3-1;/h2*3H,1-2,4-10H2;1-2,7-8H,3-6H2;/q2*-1;;+2/b;;2-1-,8-7-;. The van der Waals surface area contributed by atoms with Crippen LogP contribution in [-0.2, 0) is 20.4 Å². The minimum absolute atomic E-state index is 0. The average Bonchev–Trinajstić information content (AvgIpc) is 2.68. The average molecular weight is 493 g/mol. The van der Waals surface area contributed by atoms with Gasteiger partial charge in [0, 0.05) is 0 Å². The van der Waals surface area contributed by atoms with Crippen LogP contribution in [0.2, 0.25) is 0 Å². The largest absolute Gasteiger partial charge is 2.00 e. The molecule has 29 heavy (non-hydrogen) atoms. The first-order valence-electron chi connectivity index (χ1n) is 11.9. The van der Waals surface area contributed by atoms with Gasteiger partial charge in [0.2, 0.25) is 0 Å². The van der Waals surface area contributed by atoms with Crippen LogP contribution in [0.5, 0.6) is 0 Å². The SMILES string of the molecule is C1=C\CC/C=C\CC/1.C=CCCCCCCC[CH2-].C=CCCCCCCC[CH2-].[Pd+2]. The van der Waals surface area contributed by atoms with Crippen molar-refractivity contribution >= 4 is 0 Å². The second-order valence-electron chi connectivity index (χ2n) is 7.49. The minimum atomic E-state index is 0. The van der Waals surface area contributed by atoms with Crippen LogP contribution in [0.4, 0.5) is 0 Å². The Morgan fingerprint density at radius 2 is 0.793 bits per heavy atom. The smallest absolute Gasteiger partial charge is 0.343 e. The summed E-state index contributed by atoms with van der Waals surface area (Å²) in [4.78, 5) is 0. The van der Waals surface area contributed by atoms with Crippen molar-refractivity contribution in [1.29, 1.82) is 0 Å². The molecule has 0 saturated carbocycles. The molecule has 1 aliphatic carbocycles. The maximum absolute atomic E-state index is 3.80. The summed E-state index contributed by atoms with van der Waals surface area (Å²) in [6.07, 6.45) is 36.0. The van der Waals surface area contributed by atoms with E-state index in [0.29, 0.717) is 0 Å². The molecule has 0 amide bonds. The van der Waals surface area contributed by atoms with E-state index < -0.39 is 0 Å². The first-order valence-corrected chi connectivity index (χ1v) is 11.9. The van der Waals surface area contributed by atoms with E-state index in [4.69, 9.17) is 0 Å². The number of hydrogen-bond donors (Lipinski definition) is 0. The molecule has 1 rings (SSSR count). The van der Waals surface area contributed by atoms with Crippen molar-refractivity contribution in [3.8, 4) is 0 Å². The van der Waals surface area contributed by atoms with Gasteiger partial charge >= 0.3 is 20.4 Å². The van der Waals surface area contributed by atoms with Crippen LogP contribution >= 0.6 is 0 Å². The summed E-state index contributed by atoms with van der Waals surface area (Å²) in [6.45, 7) is 15.0. The zero-order valence-electron chi connectivity index (χ0n) is 19.3. The second-order valence-corrected chi connectivity index (χ2v) is 7.49. The summed E-state index contributed by atoms with van der Waals surface area (Å²) >= 11 is 0. The van der Waals surface area contributed by atoms with Gasteiger partial charge in [-0.1, -0.05) is 87.8 Å². The summed E-state index contributed by atoms with van der Waals surface area (Å²) in [7, 11) is 0. The van der Waals surface area contributed by atoms with Crippen LogP contribution in [0.25, 0.3) is 0 Å². The molecule has 0 N–H and O–H groups in total. The summed E-state index contributed by atoms with van der Waals surface area (Å²) in [5.74, 6) is 0. The minimum Gasteiger partial charge on any atom is -0.343 e. The fraction of sp³-hybridized carbons (Fsp3) is 0.643. The molecule has 0 spiro atoms. The molecule has 0 aromatic heterocycles. The van der Waals surface area contributed by atoms with Gasteiger partial charge in [-0.15, -0.1) is 13.2 Å². The molecule has 0 aromatic rings. The van der Waals surface area contributed by atoms with E-state index >= 15 is 0 Å². The third-order valence-electron chi connectivity index (χ3n) is 4.65. The Balaban J connectivity index is -0.000000345. The molecule has 0 unspecified atom stereocenters. The summed E-state index contributed by atoms with van der Waals surface area (Å²) in [5.41, 5.74) is 0. The van der Waals surface area contributed by atoms with Crippen molar-refractivity contribution in [3.05, 3.63) is 63.5 Å². The first kappa shape index (κ1) is 33.3. The Bertz CT molecular complexity index is 294. The Morgan fingerprint density at radius 3 is 1.07 bits per heavy atom. The summed E-state index contributed by atoms with van der Waals surface area (Å²) < 4.78 is 0. The zero-order chi connectivity index (χ0) is 21.0. The van der Waals surface area contributed by atoms with Gasteiger partial charge in [0.1, 0.15) is 0 Å². The summed E-state index contributed by atoms with van der Waals surface area (Å²) in [5, 5.41) is 0. The van der Waals surface area contributed by atoms with Gasteiger partial charge in [0.15, 0.2) is 0 Å². The normalized spacial score (nSPS) is 14.4. The van der Waals surface area contributed by atoms with Gasteiger partial charge in [0.05, 0.1) is 0 Å². The molecule has 0 fully saturated rings. The Morgan fingerprint density at radius 1 is 0.517 bits per heavy atom. The molecule has 0 saturated heterocycles. The number of hydrogen-bond acceptors (Lipinski definition) is 0. The van der Waals surface area contributed by atoms with Crippen molar-refractivity contribution in [3.63, 3.8) is 0 Å². The number of allylic oxidation sites excluding steroid dienone is 6. The molecule has 0 atom stereocenters. The molecule has 0 nitrogen and oxygen atoms in total. The van der Waals surface area contributed by atoms with Gasteiger partial charge in [-0.3, -0.25) is 0 Å². The fourth-order valence-corrected chi connectivity index (χ4v) is 2.85. The Labute approximate surface area is 199 Å². The maximum atomic E-state index is 3.80. The van der Waals surface area contributed by atoms with Crippen LogP contribution in [0.3, 0.4) is 0 Å². The van der Waals surface area contributed by atoms with Crippen molar-refractivity contribution in [2.45, 2.75) is 116 Å². The molecule has 1 aliphatic rings. The second kappa shape index (κ2) is 35.1. The Hall–Kier alpha value is -0.378. The van der Waals surface area contributed by atoms with Crippen LogP contribution < -0.4 is 0 Å². The predicted molar refractivity (Wildman–Crippen MR) is 132 cm³/mol. The molecule has 1 heteroatoms. The Kier molecular flexibility index (Phi) is 40.2. The van der Waals surface area contributed by atoms with Gasteiger partial charge < -0.3 is 13.8 Å². The molecule has 0 radical (unpaired) electrons. The molecule has 0 heterocycles. The van der Waals surface area contributed by atoms with E-state index in [1.807, 2.05) is 12.2 Å². The molecule has 0 bridgehead atoms. The molecule has 172 valence electrons. The van der Waals surface area contributed by atoms with Crippen molar-refractivity contribution in [2.75, 3.05) is 0 Å². The molecular weight excluding hydrogens is 443 g/mol. The third-order valence-corrected chi connectivity index (χ3v) is 4.65. The van der Waals surface area contributed by atoms with E-state index in [-0.39, 0.29) is 20.4 Å². The van der Waals surface area contributed by atoms with Gasteiger partial charge in [0.25, 0.3) is 0 Å². The van der Waals surface area contributed by atoms with Crippen LogP contribution in [0.1, 0.15) is 116 Å². The maximum Gasteiger partial charge on any atom is 2.00 e. The molecule has 0 aliphatic heterocycles. The van der Waals surface area contributed by atoms with Gasteiger partial charge in [-0.05, 0) is 51.4 Å². The van der Waals surface area contributed by atoms with E-state index in [1.165, 1.54) is 103 Å². The quantitative estimate of drug-likeness (QED) is 0.0978. The van der Waals surface area contributed by atoms with Crippen LogP contribution in [0, 0.1) is 13.8 Å². The number of rotatable bonds is 14. The van der Waals surface area contributed by atoms with Crippen LogP contribution in [-0.4, -0.2) is 0 Å². The van der Waals surface area contributed by atoms with E-state index in [1.54, 1.807) is 0 Å². The van der Waals surface area contributed by atoms with Crippen molar-refractivity contribution < 1.29 is 20.4 Å². The third kappa shape index (κ3) is 38.8. The summed E-state index contributed by atoms with van der Waals surface area (Å²) in [6, 6.07) is 0.